The van der Waals surface area contributed by atoms with Crippen molar-refractivity contribution >= 4 is 27.4 Å². The minimum Gasteiger partial charge on any atom is -0.370 e. The van der Waals surface area contributed by atoms with E-state index in [4.69, 9.17) is 15.6 Å². The highest BCUT2D eigenvalue weighted by Gasteiger charge is 2.19. The van der Waals surface area contributed by atoms with Gasteiger partial charge in [0.1, 0.15) is 0 Å². The summed E-state index contributed by atoms with van der Waals surface area (Å²) in [6, 6.07) is 13.6. The van der Waals surface area contributed by atoms with E-state index in [-0.39, 0.29) is 0 Å². The molecule has 4 aromatic rings. The standard InChI is InChI=1S/C28H31BrN4O2/c1-3-5-6-7-24-25(18-35-17-19-8-10-20(11-9-19)28(30)34)32-33-23(4-2)12-13-26(33)27(24)21-14-22(29)16-31-15-21/h8-16H,3-7,17-18H2,1-2H3,(H2,30,34). The number of amides is 1. The number of hydrogen-bond donors (Lipinski definition) is 1. The maximum absolute atomic E-state index is 11.3. The molecule has 3 aromatic heterocycles. The van der Waals surface area contributed by atoms with Crippen LogP contribution in [-0.4, -0.2) is 20.5 Å². The van der Waals surface area contributed by atoms with Gasteiger partial charge in [0.05, 0.1) is 24.4 Å². The number of ether oxygens (including phenoxy) is 1. The van der Waals surface area contributed by atoms with Crippen molar-refractivity contribution < 1.29 is 9.53 Å². The van der Waals surface area contributed by atoms with Gasteiger partial charge in [-0.1, -0.05) is 38.8 Å². The number of unbranched alkanes of at least 4 members (excludes halogenated alkanes) is 2. The zero-order valence-corrected chi connectivity index (χ0v) is 21.8. The maximum atomic E-state index is 11.3. The van der Waals surface area contributed by atoms with Gasteiger partial charge < -0.3 is 10.5 Å². The molecule has 0 unspecified atom stereocenters. The quantitative estimate of drug-likeness (QED) is 0.230. The van der Waals surface area contributed by atoms with Crippen LogP contribution in [0, 0.1) is 0 Å². The molecule has 0 fully saturated rings. The molecule has 1 amide bonds. The number of rotatable bonds is 11. The molecule has 0 bridgehead atoms. The van der Waals surface area contributed by atoms with E-state index in [9.17, 15) is 4.79 Å². The number of benzene rings is 1. The molecule has 35 heavy (non-hydrogen) atoms. The number of hydrogen-bond acceptors (Lipinski definition) is 4. The summed E-state index contributed by atoms with van der Waals surface area (Å²) in [7, 11) is 0. The van der Waals surface area contributed by atoms with Gasteiger partial charge in [-0.25, -0.2) is 4.52 Å². The molecule has 0 saturated heterocycles. The average molecular weight is 535 g/mol. The lowest BCUT2D eigenvalue weighted by Gasteiger charge is -2.18. The molecule has 0 saturated carbocycles. The molecular weight excluding hydrogens is 504 g/mol. The highest BCUT2D eigenvalue weighted by molar-refractivity contribution is 9.10. The van der Waals surface area contributed by atoms with Crippen LogP contribution >= 0.6 is 15.9 Å². The number of nitrogens with two attached hydrogens (primary N) is 1. The molecule has 0 spiro atoms. The van der Waals surface area contributed by atoms with E-state index in [2.05, 4.69) is 57.5 Å². The molecular formula is C28H31BrN4O2. The fraction of sp³-hybridized carbons (Fsp3) is 0.321. The average Bonchev–Trinajstić information content (AvgIpc) is 3.27. The van der Waals surface area contributed by atoms with Gasteiger partial charge in [-0.2, -0.15) is 5.10 Å². The largest absolute Gasteiger partial charge is 0.370 e. The van der Waals surface area contributed by atoms with Gasteiger partial charge in [0.2, 0.25) is 5.91 Å². The summed E-state index contributed by atoms with van der Waals surface area (Å²) in [6.45, 7) is 5.18. The number of carbonyl (C=O) groups excluding carboxylic acids is 1. The smallest absolute Gasteiger partial charge is 0.248 e. The predicted octanol–water partition coefficient (Wildman–Crippen LogP) is 6.27. The summed E-state index contributed by atoms with van der Waals surface area (Å²) < 4.78 is 9.15. The molecule has 0 aliphatic heterocycles. The van der Waals surface area contributed by atoms with Gasteiger partial charge in [0, 0.05) is 39.3 Å². The maximum Gasteiger partial charge on any atom is 0.248 e. The molecule has 0 radical (unpaired) electrons. The summed E-state index contributed by atoms with van der Waals surface area (Å²) in [6.07, 6.45) is 8.95. The molecule has 4 rings (SSSR count). The van der Waals surface area contributed by atoms with Crippen molar-refractivity contribution in [3.05, 3.63) is 87.4 Å². The van der Waals surface area contributed by atoms with Crippen LogP contribution in [-0.2, 0) is 30.8 Å². The zero-order chi connectivity index (χ0) is 24.8. The third-order valence-corrected chi connectivity index (χ3v) is 6.63. The van der Waals surface area contributed by atoms with E-state index in [0.717, 1.165) is 64.6 Å². The van der Waals surface area contributed by atoms with Gasteiger partial charge in [-0.3, -0.25) is 9.78 Å². The number of fused-ring (bicyclic) bond motifs is 1. The van der Waals surface area contributed by atoms with Gasteiger partial charge in [0.15, 0.2) is 0 Å². The second-order valence-electron chi connectivity index (χ2n) is 8.68. The van der Waals surface area contributed by atoms with E-state index < -0.39 is 5.91 Å². The Morgan fingerprint density at radius 1 is 1.06 bits per heavy atom. The van der Waals surface area contributed by atoms with Crippen LogP contribution in [0.5, 0.6) is 0 Å². The Hall–Kier alpha value is -3.03. The van der Waals surface area contributed by atoms with Crippen LogP contribution in [0.2, 0.25) is 0 Å². The minimum atomic E-state index is -0.431. The number of primary amides is 1. The molecule has 6 nitrogen and oxygen atoms in total. The SMILES string of the molecule is CCCCCc1c(COCc2ccc(C(N)=O)cc2)nn2c(CC)ccc2c1-c1cncc(Br)c1. The van der Waals surface area contributed by atoms with Crippen molar-refractivity contribution in [1.82, 2.24) is 14.6 Å². The summed E-state index contributed by atoms with van der Waals surface area (Å²) in [5, 5.41) is 5.06. The normalized spacial score (nSPS) is 11.3. The van der Waals surface area contributed by atoms with E-state index in [1.807, 2.05) is 24.5 Å². The molecule has 0 atom stereocenters. The van der Waals surface area contributed by atoms with Crippen LogP contribution < -0.4 is 5.73 Å². The fourth-order valence-electron chi connectivity index (χ4n) is 4.36. The number of aryl methyl sites for hydroxylation is 1. The van der Waals surface area contributed by atoms with Crippen LogP contribution in [0.15, 0.2) is 59.3 Å². The fourth-order valence-corrected chi connectivity index (χ4v) is 4.73. The Morgan fingerprint density at radius 2 is 1.86 bits per heavy atom. The molecule has 0 aliphatic rings. The van der Waals surface area contributed by atoms with Crippen molar-refractivity contribution in [3.63, 3.8) is 0 Å². The Labute approximate surface area is 214 Å². The summed E-state index contributed by atoms with van der Waals surface area (Å²) in [4.78, 5) is 15.8. The number of aromatic nitrogens is 3. The van der Waals surface area contributed by atoms with Crippen molar-refractivity contribution in [2.75, 3.05) is 0 Å². The summed E-state index contributed by atoms with van der Waals surface area (Å²) in [5.74, 6) is -0.431. The molecule has 0 aliphatic carbocycles. The topological polar surface area (TPSA) is 82.5 Å². The highest BCUT2D eigenvalue weighted by Crippen LogP contribution is 2.34. The predicted molar refractivity (Wildman–Crippen MR) is 142 cm³/mol. The Morgan fingerprint density at radius 3 is 2.54 bits per heavy atom. The van der Waals surface area contributed by atoms with Crippen LogP contribution in [0.4, 0.5) is 0 Å². The lowest BCUT2D eigenvalue weighted by molar-refractivity contribution is 0.0997. The monoisotopic (exact) mass is 534 g/mol. The van der Waals surface area contributed by atoms with E-state index >= 15 is 0 Å². The Bertz CT molecular complexity index is 1310. The first kappa shape index (κ1) is 25.1. The molecule has 3 heterocycles. The first-order valence-corrected chi connectivity index (χ1v) is 12.9. The molecule has 2 N–H and O–H groups in total. The lowest BCUT2D eigenvalue weighted by atomic mass is 9.95. The number of pyridine rings is 1. The zero-order valence-electron chi connectivity index (χ0n) is 20.3. The van der Waals surface area contributed by atoms with Gasteiger partial charge in [-0.15, -0.1) is 0 Å². The van der Waals surface area contributed by atoms with E-state index in [1.54, 1.807) is 12.1 Å². The van der Waals surface area contributed by atoms with E-state index in [0.29, 0.717) is 18.8 Å². The first-order valence-electron chi connectivity index (χ1n) is 12.1. The molecule has 7 heteroatoms. The van der Waals surface area contributed by atoms with Gasteiger partial charge >= 0.3 is 0 Å². The van der Waals surface area contributed by atoms with Gasteiger partial charge in [-0.05, 0) is 76.7 Å². The van der Waals surface area contributed by atoms with E-state index in [1.165, 1.54) is 11.1 Å². The minimum absolute atomic E-state index is 0.394. The summed E-state index contributed by atoms with van der Waals surface area (Å²) in [5.41, 5.74) is 13.5. The van der Waals surface area contributed by atoms with Crippen molar-refractivity contribution in [1.29, 1.82) is 0 Å². The third kappa shape index (κ3) is 5.80. The van der Waals surface area contributed by atoms with Crippen LogP contribution in [0.3, 0.4) is 0 Å². The van der Waals surface area contributed by atoms with Crippen molar-refractivity contribution in [2.24, 2.45) is 5.73 Å². The molecule has 1 aromatic carbocycles. The second kappa shape index (κ2) is 11.6. The van der Waals surface area contributed by atoms with Crippen LogP contribution in [0.1, 0.15) is 66.0 Å². The number of nitrogens with zero attached hydrogens (tertiary/aromatic N) is 3. The Kier molecular flexibility index (Phi) is 8.31. The molecule has 182 valence electrons. The number of halogens is 1. The lowest BCUT2D eigenvalue weighted by Crippen LogP contribution is -2.11. The second-order valence-corrected chi connectivity index (χ2v) is 9.59. The highest BCUT2D eigenvalue weighted by atomic mass is 79.9. The third-order valence-electron chi connectivity index (χ3n) is 6.19. The first-order chi connectivity index (χ1) is 17.0. The van der Waals surface area contributed by atoms with Crippen molar-refractivity contribution in [3.8, 4) is 11.1 Å². The Balaban J connectivity index is 1.72. The van der Waals surface area contributed by atoms with Crippen LogP contribution in [0.25, 0.3) is 16.6 Å². The van der Waals surface area contributed by atoms with Crippen molar-refractivity contribution in [2.45, 2.75) is 59.2 Å². The van der Waals surface area contributed by atoms with Gasteiger partial charge in [0.25, 0.3) is 0 Å². The summed E-state index contributed by atoms with van der Waals surface area (Å²) >= 11 is 3.59. The number of carbonyl (C=O) groups is 1.